The van der Waals surface area contributed by atoms with Gasteiger partial charge in [-0.2, -0.15) is 4.80 Å². The highest BCUT2D eigenvalue weighted by Gasteiger charge is 2.27. The van der Waals surface area contributed by atoms with E-state index in [4.69, 9.17) is 0 Å². The monoisotopic (exact) mass is 378 g/mol. The van der Waals surface area contributed by atoms with Gasteiger partial charge in [0.1, 0.15) is 0 Å². The summed E-state index contributed by atoms with van der Waals surface area (Å²) >= 11 is 0. The molecule has 0 spiro atoms. The van der Waals surface area contributed by atoms with Gasteiger partial charge < -0.3 is 10.6 Å². The Balaban J connectivity index is 1.78. The number of nitrogens with zero attached hydrogens (tertiary/aromatic N) is 4. The van der Waals surface area contributed by atoms with Gasteiger partial charge in [-0.25, -0.2) is 0 Å². The van der Waals surface area contributed by atoms with E-state index in [1.165, 1.54) is 4.80 Å². The smallest absolute Gasteiger partial charge is 0.251 e. The van der Waals surface area contributed by atoms with Gasteiger partial charge in [0.15, 0.2) is 6.04 Å². The Labute approximate surface area is 163 Å². The van der Waals surface area contributed by atoms with Crippen LogP contribution in [0.15, 0.2) is 54.6 Å². The topological polar surface area (TPSA) is 102 Å². The highest BCUT2D eigenvalue weighted by molar-refractivity contribution is 5.96. The minimum Gasteiger partial charge on any atom is -0.355 e. The first kappa shape index (κ1) is 19.2. The highest BCUT2D eigenvalue weighted by atomic mass is 16.2. The number of tetrazole rings is 1. The van der Waals surface area contributed by atoms with Crippen molar-refractivity contribution in [3.05, 3.63) is 60.2 Å². The fraction of sp³-hybridized carbons (Fsp3) is 0.250. The van der Waals surface area contributed by atoms with Gasteiger partial charge in [0, 0.05) is 23.9 Å². The number of carbonyl (C=O) groups is 2. The molecule has 2 aromatic carbocycles. The normalized spacial score (nSPS) is 11.9. The highest BCUT2D eigenvalue weighted by Crippen LogP contribution is 2.21. The van der Waals surface area contributed by atoms with Gasteiger partial charge in [-0.05, 0) is 35.4 Å². The molecule has 0 bridgehead atoms. The summed E-state index contributed by atoms with van der Waals surface area (Å²) in [5.41, 5.74) is 1.94. The maximum Gasteiger partial charge on any atom is 0.251 e. The maximum atomic E-state index is 12.9. The summed E-state index contributed by atoms with van der Waals surface area (Å²) in [5.74, 6) is -0.0187. The lowest BCUT2D eigenvalue weighted by molar-refractivity contribution is -0.121. The number of anilines is 1. The van der Waals surface area contributed by atoms with E-state index in [9.17, 15) is 9.59 Å². The molecule has 144 valence electrons. The minimum atomic E-state index is -0.622. The number of carbonyl (C=O) groups excluding carboxylic acids is 2. The van der Waals surface area contributed by atoms with Gasteiger partial charge in [0.2, 0.25) is 5.82 Å². The summed E-state index contributed by atoms with van der Waals surface area (Å²) in [7, 11) is 1.57. The van der Waals surface area contributed by atoms with Crippen molar-refractivity contribution in [3.63, 3.8) is 0 Å². The second-order valence-electron chi connectivity index (χ2n) is 6.63. The van der Waals surface area contributed by atoms with Crippen LogP contribution in [-0.2, 0) is 4.79 Å². The van der Waals surface area contributed by atoms with Crippen molar-refractivity contribution in [2.45, 2.75) is 19.9 Å². The summed E-state index contributed by atoms with van der Waals surface area (Å²) in [6.45, 7) is 3.84. The van der Waals surface area contributed by atoms with E-state index in [1.807, 2.05) is 44.2 Å². The second-order valence-corrected chi connectivity index (χ2v) is 6.63. The molecule has 1 unspecified atom stereocenters. The van der Waals surface area contributed by atoms with Crippen molar-refractivity contribution in [2.24, 2.45) is 5.92 Å². The standard InChI is InChI=1S/C20H22N6O2/c1-13(2)17(26-24-18(23-25-26)14-7-5-4-6-8-14)20(28)22-16-11-9-15(10-12-16)19(27)21-3/h4-13,17H,1-3H3,(H,21,27)(H,22,28). The predicted molar refractivity (Wildman–Crippen MR) is 106 cm³/mol. The average molecular weight is 378 g/mol. The van der Waals surface area contributed by atoms with Crippen LogP contribution in [-0.4, -0.2) is 39.1 Å². The summed E-state index contributed by atoms with van der Waals surface area (Å²) in [6.07, 6.45) is 0. The summed E-state index contributed by atoms with van der Waals surface area (Å²) in [6, 6.07) is 15.5. The number of nitrogens with one attached hydrogen (secondary N) is 2. The zero-order valence-corrected chi connectivity index (χ0v) is 16.0. The van der Waals surface area contributed by atoms with Crippen LogP contribution in [0.2, 0.25) is 0 Å². The van der Waals surface area contributed by atoms with E-state index in [2.05, 4.69) is 26.0 Å². The van der Waals surface area contributed by atoms with Crippen molar-refractivity contribution in [3.8, 4) is 11.4 Å². The Morgan fingerprint density at radius 2 is 1.68 bits per heavy atom. The maximum absolute atomic E-state index is 12.9. The van der Waals surface area contributed by atoms with Crippen LogP contribution >= 0.6 is 0 Å². The van der Waals surface area contributed by atoms with Crippen molar-refractivity contribution >= 4 is 17.5 Å². The van der Waals surface area contributed by atoms with Gasteiger partial charge in [0.25, 0.3) is 11.8 Å². The predicted octanol–water partition coefficient (Wildman–Crippen LogP) is 2.54. The van der Waals surface area contributed by atoms with E-state index >= 15 is 0 Å². The van der Waals surface area contributed by atoms with E-state index in [1.54, 1.807) is 31.3 Å². The van der Waals surface area contributed by atoms with Crippen molar-refractivity contribution in [2.75, 3.05) is 12.4 Å². The third-order valence-electron chi connectivity index (χ3n) is 4.25. The Bertz CT molecular complexity index is 950. The Hall–Kier alpha value is -3.55. The Morgan fingerprint density at radius 1 is 1.00 bits per heavy atom. The average Bonchev–Trinajstić information content (AvgIpc) is 3.18. The second kappa shape index (κ2) is 8.43. The van der Waals surface area contributed by atoms with Gasteiger partial charge in [-0.1, -0.05) is 44.2 Å². The third-order valence-corrected chi connectivity index (χ3v) is 4.25. The van der Waals surface area contributed by atoms with Crippen LogP contribution in [0.5, 0.6) is 0 Å². The van der Waals surface area contributed by atoms with Crippen LogP contribution in [0.4, 0.5) is 5.69 Å². The van der Waals surface area contributed by atoms with Crippen LogP contribution < -0.4 is 10.6 Å². The SMILES string of the molecule is CNC(=O)c1ccc(NC(=O)C(C(C)C)n2nnc(-c3ccccc3)n2)cc1. The van der Waals surface area contributed by atoms with E-state index < -0.39 is 6.04 Å². The molecule has 0 aliphatic carbocycles. The number of rotatable bonds is 6. The van der Waals surface area contributed by atoms with Crippen LogP contribution in [0.1, 0.15) is 30.2 Å². The zero-order chi connectivity index (χ0) is 20.1. The molecule has 28 heavy (non-hydrogen) atoms. The molecule has 2 N–H and O–H groups in total. The van der Waals surface area contributed by atoms with E-state index in [-0.39, 0.29) is 17.7 Å². The zero-order valence-electron chi connectivity index (χ0n) is 16.0. The lowest BCUT2D eigenvalue weighted by atomic mass is 10.0. The Kier molecular flexibility index (Phi) is 5.78. The van der Waals surface area contributed by atoms with Crippen molar-refractivity contribution in [1.82, 2.24) is 25.5 Å². The molecule has 0 radical (unpaired) electrons. The van der Waals surface area contributed by atoms with Gasteiger partial charge >= 0.3 is 0 Å². The molecule has 2 amide bonds. The number of amides is 2. The summed E-state index contributed by atoms with van der Waals surface area (Å²) < 4.78 is 0. The molecule has 0 saturated carbocycles. The van der Waals surface area contributed by atoms with Crippen LogP contribution in [0.3, 0.4) is 0 Å². The van der Waals surface area contributed by atoms with Gasteiger partial charge in [-0.3, -0.25) is 9.59 Å². The summed E-state index contributed by atoms with van der Waals surface area (Å²) in [5, 5.41) is 18.0. The van der Waals surface area contributed by atoms with Crippen molar-refractivity contribution in [1.29, 1.82) is 0 Å². The molecule has 0 aliphatic rings. The fourth-order valence-corrected chi connectivity index (χ4v) is 2.79. The Morgan fingerprint density at radius 3 is 2.29 bits per heavy atom. The molecule has 3 aromatic rings. The lowest BCUT2D eigenvalue weighted by Crippen LogP contribution is -2.31. The largest absolute Gasteiger partial charge is 0.355 e. The lowest BCUT2D eigenvalue weighted by Gasteiger charge is -2.18. The van der Waals surface area contributed by atoms with Crippen molar-refractivity contribution < 1.29 is 9.59 Å². The third kappa shape index (κ3) is 4.22. The fourth-order valence-electron chi connectivity index (χ4n) is 2.79. The molecule has 0 aliphatic heterocycles. The quantitative estimate of drug-likeness (QED) is 0.686. The van der Waals surface area contributed by atoms with Gasteiger partial charge in [-0.15, -0.1) is 10.2 Å². The molecule has 1 atom stereocenters. The number of hydrogen-bond acceptors (Lipinski definition) is 5. The first-order valence-electron chi connectivity index (χ1n) is 8.97. The molecule has 0 saturated heterocycles. The molecule has 8 heteroatoms. The molecule has 1 aromatic heterocycles. The van der Waals surface area contributed by atoms with Crippen LogP contribution in [0.25, 0.3) is 11.4 Å². The minimum absolute atomic E-state index is 0.0528. The van der Waals surface area contributed by atoms with E-state index in [0.717, 1.165) is 5.56 Å². The first-order chi connectivity index (χ1) is 13.5. The first-order valence-corrected chi connectivity index (χ1v) is 8.97. The van der Waals surface area contributed by atoms with Gasteiger partial charge in [0.05, 0.1) is 0 Å². The van der Waals surface area contributed by atoms with Crippen LogP contribution in [0, 0.1) is 5.92 Å². The number of benzene rings is 2. The van der Waals surface area contributed by atoms with E-state index in [0.29, 0.717) is 17.1 Å². The molecular formula is C20H22N6O2. The number of hydrogen-bond donors (Lipinski definition) is 2. The molecule has 1 heterocycles. The molecule has 0 fully saturated rings. The summed E-state index contributed by atoms with van der Waals surface area (Å²) in [4.78, 5) is 25.8. The molecular weight excluding hydrogens is 356 g/mol. The molecule has 8 nitrogen and oxygen atoms in total. The molecule has 3 rings (SSSR count). The number of aromatic nitrogens is 4.